The Bertz CT molecular complexity index is 430. The molecule has 1 aromatic rings. The first-order chi connectivity index (χ1) is 8.65. The molecule has 1 unspecified atom stereocenters. The summed E-state index contributed by atoms with van der Waals surface area (Å²) in [5, 5.41) is 3.63. The molecule has 98 valence electrons. The van der Waals surface area contributed by atoms with Gasteiger partial charge in [-0.05, 0) is 49.5 Å². The summed E-state index contributed by atoms with van der Waals surface area (Å²) < 4.78 is 12.9. The molecule has 0 spiro atoms. The molecule has 2 rings (SSSR count). The second-order valence-electron chi connectivity index (χ2n) is 4.85. The minimum atomic E-state index is -0.367. The number of carbonyl (C=O) groups is 1. The molecule has 0 radical (unpaired) electrons. The topological polar surface area (TPSA) is 29.1 Å². The van der Waals surface area contributed by atoms with Crippen LogP contribution in [0.1, 0.15) is 24.8 Å². The number of hydrogen-bond donors (Lipinski definition) is 1. The Balaban J connectivity index is 1.82. The number of Topliss-reactive ketones (excluding diaryl/α,β-unsaturated/α-hetero) is 1. The van der Waals surface area contributed by atoms with E-state index in [0.29, 0.717) is 29.3 Å². The molecule has 1 heterocycles. The van der Waals surface area contributed by atoms with Crippen molar-refractivity contribution in [2.75, 3.05) is 13.1 Å². The summed E-state index contributed by atoms with van der Waals surface area (Å²) in [7, 11) is 0. The zero-order chi connectivity index (χ0) is 13.0. The molecule has 0 saturated carbocycles. The van der Waals surface area contributed by atoms with Crippen LogP contribution in [0.4, 0.5) is 4.39 Å². The summed E-state index contributed by atoms with van der Waals surface area (Å²) in [6.45, 7) is 2.08. The average molecular weight is 270 g/mol. The second-order valence-corrected chi connectivity index (χ2v) is 5.26. The Kier molecular flexibility index (Phi) is 4.72. The first kappa shape index (κ1) is 13.5. The molecule has 0 amide bonds. The van der Waals surface area contributed by atoms with E-state index >= 15 is 0 Å². The van der Waals surface area contributed by atoms with Gasteiger partial charge in [-0.1, -0.05) is 17.7 Å². The predicted octanol–water partition coefficient (Wildman–Crippen LogP) is 2.98. The lowest BCUT2D eigenvalue weighted by Crippen LogP contribution is -2.11. The normalized spacial score (nSPS) is 19.1. The molecule has 1 aromatic carbocycles. The molecule has 0 aliphatic carbocycles. The fraction of sp³-hybridized carbons (Fsp3) is 0.500. The van der Waals surface area contributed by atoms with Gasteiger partial charge in [0.1, 0.15) is 11.6 Å². The summed E-state index contributed by atoms with van der Waals surface area (Å²) in [5.74, 6) is 0.432. The summed E-state index contributed by atoms with van der Waals surface area (Å²) in [4.78, 5) is 11.8. The molecular formula is C14H17ClFNO. The van der Waals surface area contributed by atoms with Crippen LogP contribution in [0.5, 0.6) is 0 Å². The van der Waals surface area contributed by atoms with Gasteiger partial charge >= 0.3 is 0 Å². The highest BCUT2D eigenvalue weighted by molar-refractivity contribution is 6.31. The number of halogens is 2. The fourth-order valence-corrected chi connectivity index (χ4v) is 2.53. The van der Waals surface area contributed by atoms with Crippen molar-refractivity contribution in [3.05, 3.63) is 34.6 Å². The minimum Gasteiger partial charge on any atom is -0.316 e. The van der Waals surface area contributed by atoms with Crippen molar-refractivity contribution in [3.8, 4) is 0 Å². The molecular weight excluding hydrogens is 253 g/mol. The van der Waals surface area contributed by atoms with E-state index < -0.39 is 0 Å². The van der Waals surface area contributed by atoms with Crippen molar-refractivity contribution in [1.29, 1.82) is 0 Å². The average Bonchev–Trinajstić information content (AvgIpc) is 2.83. The monoisotopic (exact) mass is 269 g/mol. The standard InChI is InChI=1S/C14H17ClFNO/c15-14-8-12(16)3-2-11(14)7-13(18)4-1-10-5-6-17-9-10/h2-3,8,10,17H,1,4-7,9H2. The first-order valence-corrected chi connectivity index (χ1v) is 6.69. The first-order valence-electron chi connectivity index (χ1n) is 6.31. The Labute approximate surface area is 112 Å². The lowest BCUT2D eigenvalue weighted by molar-refractivity contribution is -0.118. The van der Waals surface area contributed by atoms with Crippen LogP contribution >= 0.6 is 11.6 Å². The van der Waals surface area contributed by atoms with Gasteiger partial charge in [0, 0.05) is 17.9 Å². The fourth-order valence-electron chi connectivity index (χ4n) is 2.29. The van der Waals surface area contributed by atoms with E-state index in [0.717, 1.165) is 25.9 Å². The number of carbonyl (C=O) groups excluding carboxylic acids is 1. The van der Waals surface area contributed by atoms with Crippen LogP contribution in [-0.2, 0) is 11.2 Å². The van der Waals surface area contributed by atoms with Gasteiger partial charge in [-0.25, -0.2) is 4.39 Å². The highest BCUT2D eigenvalue weighted by Gasteiger charge is 2.16. The van der Waals surface area contributed by atoms with Gasteiger partial charge in [0.15, 0.2) is 0 Å². The SMILES string of the molecule is O=C(CCC1CCNC1)Cc1ccc(F)cc1Cl. The third-order valence-corrected chi connectivity index (χ3v) is 3.75. The molecule has 2 nitrogen and oxygen atoms in total. The number of ketones is 1. The van der Waals surface area contributed by atoms with E-state index in [1.54, 1.807) is 6.07 Å². The zero-order valence-corrected chi connectivity index (χ0v) is 11.0. The van der Waals surface area contributed by atoms with Crippen molar-refractivity contribution < 1.29 is 9.18 Å². The van der Waals surface area contributed by atoms with Crippen molar-refractivity contribution in [2.45, 2.75) is 25.7 Å². The number of nitrogens with one attached hydrogen (secondary N) is 1. The van der Waals surface area contributed by atoms with E-state index in [1.807, 2.05) is 0 Å². The Morgan fingerprint density at radius 2 is 2.33 bits per heavy atom. The third-order valence-electron chi connectivity index (χ3n) is 3.40. The van der Waals surface area contributed by atoms with Gasteiger partial charge in [0.25, 0.3) is 0 Å². The molecule has 1 aliphatic rings. The maximum absolute atomic E-state index is 12.9. The van der Waals surface area contributed by atoms with E-state index in [2.05, 4.69) is 5.32 Å². The molecule has 1 N–H and O–H groups in total. The van der Waals surface area contributed by atoms with E-state index in [4.69, 9.17) is 11.6 Å². The van der Waals surface area contributed by atoms with Gasteiger partial charge in [0.05, 0.1) is 0 Å². The minimum absolute atomic E-state index is 0.176. The number of benzene rings is 1. The van der Waals surface area contributed by atoms with Crippen molar-refractivity contribution >= 4 is 17.4 Å². The number of rotatable bonds is 5. The molecule has 4 heteroatoms. The molecule has 18 heavy (non-hydrogen) atoms. The highest BCUT2D eigenvalue weighted by atomic mass is 35.5. The van der Waals surface area contributed by atoms with Crippen LogP contribution in [0.15, 0.2) is 18.2 Å². The van der Waals surface area contributed by atoms with Crippen LogP contribution in [0.25, 0.3) is 0 Å². The number of hydrogen-bond acceptors (Lipinski definition) is 2. The van der Waals surface area contributed by atoms with E-state index in [-0.39, 0.29) is 11.6 Å². The Morgan fingerprint density at radius 3 is 3.00 bits per heavy atom. The van der Waals surface area contributed by atoms with Crippen molar-refractivity contribution in [1.82, 2.24) is 5.32 Å². The predicted molar refractivity (Wildman–Crippen MR) is 70.3 cm³/mol. The van der Waals surface area contributed by atoms with Crippen LogP contribution in [0, 0.1) is 11.7 Å². The van der Waals surface area contributed by atoms with Crippen LogP contribution in [0.3, 0.4) is 0 Å². The maximum Gasteiger partial charge on any atom is 0.137 e. The maximum atomic E-state index is 12.9. The Morgan fingerprint density at radius 1 is 1.50 bits per heavy atom. The van der Waals surface area contributed by atoms with E-state index in [1.165, 1.54) is 12.1 Å². The molecule has 0 aromatic heterocycles. The molecule has 1 aliphatic heterocycles. The van der Waals surface area contributed by atoms with Crippen LogP contribution in [-0.4, -0.2) is 18.9 Å². The molecule has 0 bridgehead atoms. The summed E-state index contributed by atoms with van der Waals surface area (Å²) in [6.07, 6.45) is 2.98. The van der Waals surface area contributed by atoms with Crippen LogP contribution in [0.2, 0.25) is 5.02 Å². The third kappa shape index (κ3) is 3.79. The summed E-state index contributed by atoms with van der Waals surface area (Å²) >= 11 is 5.90. The Hall–Kier alpha value is -0.930. The van der Waals surface area contributed by atoms with Gasteiger partial charge in [-0.3, -0.25) is 4.79 Å². The van der Waals surface area contributed by atoms with Crippen LogP contribution < -0.4 is 5.32 Å². The highest BCUT2D eigenvalue weighted by Crippen LogP contribution is 2.20. The van der Waals surface area contributed by atoms with Gasteiger partial charge in [0.2, 0.25) is 0 Å². The quantitative estimate of drug-likeness (QED) is 0.890. The van der Waals surface area contributed by atoms with Crippen molar-refractivity contribution in [3.63, 3.8) is 0 Å². The molecule has 1 saturated heterocycles. The summed E-state index contributed by atoms with van der Waals surface area (Å²) in [5.41, 5.74) is 0.715. The largest absolute Gasteiger partial charge is 0.316 e. The molecule has 1 atom stereocenters. The lowest BCUT2D eigenvalue weighted by atomic mass is 9.98. The van der Waals surface area contributed by atoms with Gasteiger partial charge in [-0.2, -0.15) is 0 Å². The molecule has 1 fully saturated rings. The van der Waals surface area contributed by atoms with E-state index in [9.17, 15) is 9.18 Å². The smallest absolute Gasteiger partial charge is 0.137 e. The summed E-state index contributed by atoms with van der Waals surface area (Å²) in [6, 6.07) is 4.19. The van der Waals surface area contributed by atoms with Gasteiger partial charge in [-0.15, -0.1) is 0 Å². The lowest BCUT2D eigenvalue weighted by Gasteiger charge is -2.08. The van der Waals surface area contributed by atoms with Gasteiger partial charge < -0.3 is 5.32 Å². The zero-order valence-electron chi connectivity index (χ0n) is 10.2. The van der Waals surface area contributed by atoms with Crippen molar-refractivity contribution in [2.24, 2.45) is 5.92 Å². The second kappa shape index (κ2) is 6.30.